The van der Waals surface area contributed by atoms with Crippen molar-refractivity contribution < 1.29 is 14.6 Å². The van der Waals surface area contributed by atoms with Crippen LogP contribution in [-0.2, 0) is 6.54 Å². The maximum Gasteiger partial charge on any atom is 0.331 e. The zero-order valence-electron chi connectivity index (χ0n) is 17.1. The van der Waals surface area contributed by atoms with Crippen molar-refractivity contribution in [2.45, 2.75) is 19.0 Å². The molecule has 0 amide bonds. The standard InChI is InChI=1S/C22H22N4O5/c1-30-14-8-9-18(31-2)15(10-14)16-11-17(25-24-16)19-20(27)23-22(29)26(21(19)28)12-13-6-4-3-5-7-13/h3-10,16,24,28H,11-12H2,1-2H3,(H,23,27,29)/t16-/m0/s1. The molecule has 2 aromatic carbocycles. The summed E-state index contributed by atoms with van der Waals surface area (Å²) in [5.41, 5.74) is 3.53. The summed E-state index contributed by atoms with van der Waals surface area (Å²) in [5.74, 6) is 0.876. The number of hydrazone groups is 1. The molecule has 0 saturated heterocycles. The molecule has 1 atom stereocenters. The highest BCUT2D eigenvalue weighted by Crippen LogP contribution is 2.34. The summed E-state index contributed by atoms with van der Waals surface area (Å²) in [4.78, 5) is 27.2. The molecule has 0 spiro atoms. The van der Waals surface area contributed by atoms with Crippen LogP contribution in [0.25, 0.3) is 0 Å². The molecular formula is C22H22N4O5. The largest absolute Gasteiger partial charge is 0.497 e. The first-order valence-corrected chi connectivity index (χ1v) is 9.66. The molecule has 31 heavy (non-hydrogen) atoms. The van der Waals surface area contributed by atoms with Crippen LogP contribution < -0.4 is 26.1 Å². The molecule has 2 heterocycles. The van der Waals surface area contributed by atoms with Gasteiger partial charge in [0.25, 0.3) is 5.56 Å². The fraction of sp³-hybridized carbons (Fsp3) is 0.227. The second-order valence-electron chi connectivity index (χ2n) is 7.08. The minimum absolute atomic E-state index is 0.0348. The molecule has 0 bridgehead atoms. The molecule has 0 fully saturated rings. The van der Waals surface area contributed by atoms with Crippen molar-refractivity contribution in [3.05, 3.63) is 86.1 Å². The number of benzene rings is 2. The number of H-pyrrole nitrogens is 1. The van der Waals surface area contributed by atoms with Crippen LogP contribution in [-0.4, -0.2) is 34.6 Å². The third-order valence-electron chi connectivity index (χ3n) is 5.21. The Kier molecular flexibility index (Phi) is 5.48. The molecule has 0 radical (unpaired) electrons. The molecule has 9 heteroatoms. The second-order valence-corrected chi connectivity index (χ2v) is 7.08. The van der Waals surface area contributed by atoms with Crippen LogP contribution in [0.3, 0.4) is 0 Å². The van der Waals surface area contributed by atoms with Gasteiger partial charge in [-0.3, -0.25) is 14.3 Å². The molecular weight excluding hydrogens is 400 g/mol. The van der Waals surface area contributed by atoms with Gasteiger partial charge < -0.3 is 20.0 Å². The van der Waals surface area contributed by atoms with Crippen LogP contribution >= 0.6 is 0 Å². The van der Waals surface area contributed by atoms with Crippen molar-refractivity contribution in [2.24, 2.45) is 5.10 Å². The molecule has 1 aliphatic rings. The third kappa shape index (κ3) is 3.89. The van der Waals surface area contributed by atoms with Crippen LogP contribution in [0, 0.1) is 0 Å². The Bertz CT molecular complexity index is 1250. The van der Waals surface area contributed by atoms with E-state index in [1.807, 2.05) is 36.4 Å². The molecule has 3 aromatic rings. The van der Waals surface area contributed by atoms with Gasteiger partial charge in [0.05, 0.1) is 32.5 Å². The van der Waals surface area contributed by atoms with E-state index in [0.29, 0.717) is 23.6 Å². The lowest BCUT2D eigenvalue weighted by molar-refractivity contribution is 0.392. The average Bonchev–Trinajstić information content (AvgIpc) is 3.26. The number of hydrogen-bond donors (Lipinski definition) is 3. The predicted molar refractivity (Wildman–Crippen MR) is 115 cm³/mol. The minimum Gasteiger partial charge on any atom is -0.497 e. The number of aromatic amines is 1. The van der Waals surface area contributed by atoms with Crippen molar-refractivity contribution in [3.63, 3.8) is 0 Å². The van der Waals surface area contributed by atoms with Gasteiger partial charge in [-0.15, -0.1) is 0 Å². The quantitative estimate of drug-likeness (QED) is 0.557. The van der Waals surface area contributed by atoms with Crippen molar-refractivity contribution in [1.29, 1.82) is 0 Å². The lowest BCUT2D eigenvalue weighted by Gasteiger charge is -2.16. The van der Waals surface area contributed by atoms with Gasteiger partial charge >= 0.3 is 5.69 Å². The first-order valence-electron chi connectivity index (χ1n) is 9.66. The maximum absolute atomic E-state index is 12.5. The fourth-order valence-corrected chi connectivity index (χ4v) is 3.62. The van der Waals surface area contributed by atoms with E-state index in [0.717, 1.165) is 15.7 Å². The van der Waals surface area contributed by atoms with E-state index in [1.165, 1.54) is 0 Å². The highest BCUT2D eigenvalue weighted by atomic mass is 16.5. The summed E-state index contributed by atoms with van der Waals surface area (Å²) in [5, 5.41) is 15.1. The predicted octanol–water partition coefficient (Wildman–Crippen LogP) is 1.75. The van der Waals surface area contributed by atoms with Gasteiger partial charge in [-0.05, 0) is 23.8 Å². The lowest BCUT2D eigenvalue weighted by atomic mass is 9.99. The zero-order chi connectivity index (χ0) is 22.0. The van der Waals surface area contributed by atoms with E-state index in [-0.39, 0.29) is 18.2 Å². The molecule has 3 N–H and O–H groups in total. The van der Waals surface area contributed by atoms with E-state index in [2.05, 4.69) is 15.5 Å². The van der Waals surface area contributed by atoms with Crippen molar-refractivity contribution >= 4 is 5.71 Å². The van der Waals surface area contributed by atoms with E-state index in [1.54, 1.807) is 26.4 Å². The van der Waals surface area contributed by atoms with Gasteiger partial charge in [-0.2, -0.15) is 5.10 Å². The Balaban J connectivity index is 1.68. The van der Waals surface area contributed by atoms with Gasteiger partial charge in [0.15, 0.2) is 0 Å². The molecule has 0 aliphatic carbocycles. The fourth-order valence-electron chi connectivity index (χ4n) is 3.62. The number of aromatic hydroxyl groups is 1. The Morgan fingerprint density at radius 2 is 1.90 bits per heavy atom. The van der Waals surface area contributed by atoms with Gasteiger partial charge in [-0.25, -0.2) is 4.79 Å². The van der Waals surface area contributed by atoms with Crippen molar-refractivity contribution in [3.8, 4) is 17.4 Å². The van der Waals surface area contributed by atoms with E-state index < -0.39 is 17.1 Å². The smallest absolute Gasteiger partial charge is 0.331 e. The third-order valence-corrected chi connectivity index (χ3v) is 5.21. The van der Waals surface area contributed by atoms with E-state index in [4.69, 9.17) is 9.47 Å². The van der Waals surface area contributed by atoms with Crippen LogP contribution in [0.2, 0.25) is 0 Å². The Hall–Kier alpha value is -4.01. The number of hydrogen-bond acceptors (Lipinski definition) is 7. The highest BCUT2D eigenvalue weighted by molar-refractivity contribution is 6.03. The van der Waals surface area contributed by atoms with Gasteiger partial charge in [0.1, 0.15) is 17.1 Å². The van der Waals surface area contributed by atoms with Crippen molar-refractivity contribution in [1.82, 2.24) is 15.0 Å². The monoisotopic (exact) mass is 422 g/mol. The molecule has 1 aromatic heterocycles. The number of rotatable bonds is 6. The molecule has 160 valence electrons. The average molecular weight is 422 g/mol. The summed E-state index contributed by atoms with van der Waals surface area (Å²) >= 11 is 0. The molecule has 1 aliphatic heterocycles. The summed E-state index contributed by atoms with van der Waals surface area (Å²) in [6.45, 7) is 0.114. The number of nitrogens with zero attached hydrogens (tertiary/aromatic N) is 2. The molecule has 4 rings (SSSR count). The van der Waals surface area contributed by atoms with Crippen LogP contribution in [0.15, 0.2) is 63.2 Å². The van der Waals surface area contributed by atoms with Crippen LogP contribution in [0.4, 0.5) is 0 Å². The van der Waals surface area contributed by atoms with E-state index >= 15 is 0 Å². The van der Waals surface area contributed by atoms with E-state index in [9.17, 15) is 14.7 Å². The summed E-state index contributed by atoms with van der Waals surface area (Å²) < 4.78 is 11.9. The first-order chi connectivity index (χ1) is 15.0. The van der Waals surface area contributed by atoms with Crippen LogP contribution in [0.1, 0.15) is 29.2 Å². The Morgan fingerprint density at radius 3 is 2.61 bits per heavy atom. The normalized spacial score (nSPS) is 15.3. The molecule has 0 unspecified atom stereocenters. The summed E-state index contributed by atoms with van der Waals surface area (Å²) in [6, 6.07) is 14.3. The molecule has 9 nitrogen and oxygen atoms in total. The number of methoxy groups -OCH3 is 2. The summed E-state index contributed by atoms with van der Waals surface area (Å²) in [6.07, 6.45) is 0.309. The number of ether oxygens (including phenoxy) is 2. The lowest BCUT2D eigenvalue weighted by Crippen LogP contribution is -2.34. The minimum atomic E-state index is -0.689. The van der Waals surface area contributed by atoms with Gasteiger partial charge in [-0.1, -0.05) is 30.3 Å². The van der Waals surface area contributed by atoms with Crippen molar-refractivity contribution in [2.75, 3.05) is 14.2 Å². The number of nitrogens with one attached hydrogen (secondary N) is 2. The maximum atomic E-state index is 12.5. The highest BCUT2D eigenvalue weighted by Gasteiger charge is 2.29. The number of aromatic nitrogens is 2. The Morgan fingerprint density at radius 1 is 1.13 bits per heavy atom. The zero-order valence-corrected chi connectivity index (χ0v) is 17.1. The SMILES string of the molecule is COc1ccc(OC)c([C@@H]2CC(c3c(O)n(Cc4ccccc4)c(=O)[nH]c3=O)=NN2)c1. The van der Waals surface area contributed by atoms with Gasteiger partial charge in [0, 0.05) is 12.0 Å². The first kappa shape index (κ1) is 20.3. The topological polar surface area (TPSA) is 118 Å². The van der Waals surface area contributed by atoms with Gasteiger partial charge in [0.2, 0.25) is 5.88 Å². The second kappa shape index (κ2) is 8.39. The Labute approximate surface area is 177 Å². The van der Waals surface area contributed by atoms with Crippen LogP contribution in [0.5, 0.6) is 17.4 Å². The molecule has 0 saturated carbocycles. The summed E-state index contributed by atoms with van der Waals surface area (Å²) in [7, 11) is 3.14.